The van der Waals surface area contributed by atoms with Gasteiger partial charge in [0.15, 0.2) is 5.60 Å². The first-order chi connectivity index (χ1) is 16.1. The van der Waals surface area contributed by atoms with E-state index in [0.29, 0.717) is 45.0 Å². The highest BCUT2D eigenvalue weighted by Crippen LogP contribution is 2.30. The Bertz CT molecular complexity index is 925. The number of rotatable bonds is 7. The van der Waals surface area contributed by atoms with Gasteiger partial charge >= 0.3 is 0 Å². The van der Waals surface area contributed by atoms with Gasteiger partial charge in [-0.3, -0.25) is 14.6 Å². The van der Waals surface area contributed by atoms with Crippen molar-refractivity contribution in [3.05, 3.63) is 54.4 Å². The summed E-state index contributed by atoms with van der Waals surface area (Å²) >= 11 is 0. The van der Waals surface area contributed by atoms with Crippen LogP contribution in [0.2, 0.25) is 0 Å². The summed E-state index contributed by atoms with van der Waals surface area (Å²) in [6, 6.07) is 12.2. The third kappa shape index (κ3) is 5.80. The number of benzene rings is 1. The molecule has 1 N–H and O–H groups in total. The van der Waals surface area contributed by atoms with E-state index in [1.54, 1.807) is 12.4 Å². The van der Waals surface area contributed by atoms with Gasteiger partial charge in [0.1, 0.15) is 0 Å². The zero-order valence-electron chi connectivity index (χ0n) is 19.6. The molecule has 1 saturated heterocycles. The number of morpholine rings is 1. The maximum atomic E-state index is 13.2. The van der Waals surface area contributed by atoms with Crippen LogP contribution in [0.25, 0.3) is 11.1 Å². The van der Waals surface area contributed by atoms with Crippen LogP contribution in [0.15, 0.2) is 48.8 Å². The smallest absolute Gasteiger partial charge is 0.254 e. The number of amides is 2. The Labute approximate surface area is 196 Å². The Morgan fingerprint density at radius 3 is 2.45 bits per heavy atom. The summed E-state index contributed by atoms with van der Waals surface area (Å²) in [7, 11) is 0. The van der Waals surface area contributed by atoms with Crippen molar-refractivity contribution >= 4 is 11.8 Å². The van der Waals surface area contributed by atoms with Crippen molar-refractivity contribution in [2.75, 3.05) is 26.2 Å². The van der Waals surface area contributed by atoms with Gasteiger partial charge in [0.2, 0.25) is 5.91 Å². The summed E-state index contributed by atoms with van der Waals surface area (Å²) in [5, 5.41) is 2.95. The predicted molar refractivity (Wildman–Crippen MR) is 129 cm³/mol. The standard InChI is InChI=1S/C27H35N3O3/c1-2-29-26(32)27(19-22-8-10-23(11-9-22)24-12-14-28-15-13-24)20-30(16-17-33-27)25(31)18-21-6-4-3-5-7-21/h8-15,21H,2-7,16-20H2,1H3,(H,29,32). The SMILES string of the molecule is CCNC(=O)C1(Cc2ccc(-c3ccncc3)cc2)CN(C(=O)CC2CCCCC2)CCO1. The molecule has 1 aliphatic heterocycles. The second-order valence-corrected chi connectivity index (χ2v) is 9.34. The molecule has 1 aromatic heterocycles. The van der Waals surface area contributed by atoms with Gasteiger partial charge in [0, 0.05) is 38.3 Å². The minimum atomic E-state index is -1.06. The molecule has 1 unspecified atom stereocenters. The van der Waals surface area contributed by atoms with Crippen LogP contribution in [-0.4, -0.2) is 53.5 Å². The van der Waals surface area contributed by atoms with Crippen molar-refractivity contribution in [1.82, 2.24) is 15.2 Å². The number of hydrogen-bond acceptors (Lipinski definition) is 4. The quantitative estimate of drug-likeness (QED) is 0.694. The first-order valence-electron chi connectivity index (χ1n) is 12.3. The summed E-state index contributed by atoms with van der Waals surface area (Å²) < 4.78 is 6.15. The molecule has 2 aliphatic rings. The molecule has 0 radical (unpaired) electrons. The number of likely N-dealkylation sites (N-methyl/N-ethyl adjacent to an activating group) is 1. The van der Waals surface area contributed by atoms with Gasteiger partial charge in [-0.25, -0.2) is 0 Å². The highest BCUT2D eigenvalue weighted by Gasteiger charge is 2.45. The van der Waals surface area contributed by atoms with E-state index in [-0.39, 0.29) is 11.8 Å². The molecule has 2 fully saturated rings. The number of hydrogen-bond donors (Lipinski definition) is 1. The maximum Gasteiger partial charge on any atom is 0.254 e. The number of carbonyl (C=O) groups is 2. The van der Waals surface area contributed by atoms with Gasteiger partial charge in [0.05, 0.1) is 13.2 Å². The van der Waals surface area contributed by atoms with E-state index in [1.165, 1.54) is 19.3 Å². The van der Waals surface area contributed by atoms with Crippen LogP contribution in [-0.2, 0) is 20.7 Å². The highest BCUT2D eigenvalue weighted by molar-refractivity contribution is 5.87. The third-order valence-electron chi connectivity index (χ3n) is 6.93. The van der Waals surface area contributed by atoms with Gasteiger partial charge < -0.3 is 15.0 Å². The Hall–Kier alpha value is -2.73. The summed E-state index contributed by atoms with van der Waals surface area (Å²) in [5.41, 5.74) is 2.15. The first kappa shape index (κ1) is 23.4. The van der Waals surface area contributed by atoms with Gasteiger partial charge in [0.25, 0.3) is 5.91 Å². The fourth-order valence-electron chi connectivity index (χ4n) is 5.10. The topological polar surface area (TPSA) is 71.5 Å². The lowest BCUT2D eigenvalue weighted by atomic mass is 9.86. The van der Waals surface area contributed by atoms with E-state index in [1.807, 2.05) is 36.1 Å². The van der Waals surface area contributed by atoms with Crippen LogP contribution in [0.4, 0.5) is 0 Å². The van der Waals surface area contributed by atoms with E-state index in [0.717, 1.165) is 29.5 Å². The van der Waals surface area contributed by atoms with Crippen LogP contribution in [0.1, 0.15) is 51.0 Å². The Balaban J connectivity index is 1.49. The Morgan fingerprint density at radius 2 is 1.76 bits per heavy atom. The van der Waals surface area contributed by atoms with Crippen molar-refractivity contribution < 1.29 is 14.3 Å². The predicted octanol–water partition coefficient (Wildman–Crippen LogP) is 4.00. The van der Waals surface area contributed by atoms with Crippen molar-refractivity contribution in [2.24, 2.45) is 5.92 Å². The van der Waals surface area contributed by atoms with Gasteiger partial charge in [-0.15, -0.1) is 0 Å². The molecular weight excluding hydrogens is 414 g/mol. The summed E-state index contributed by atoms with van der Waals surface area (Å²) in [6.07, 6.45) is 10.6. The zero-order valence-corrected chi connectivity index (χ0v) is 19.6. The summed E-state index contributed by atoms with van der Waals surface area (Å²) in [5.74, 6) is 0.499. The van der Waals surface area contributed by atoms with Crippen LogP contribution in [0.5, 0.6) is 0 Å². The fraction of sp³-hybridized carbons (Fsp3) is 0.519. The second kappa shape index (κ2) is 10.9. The van der Waals surface area contributed by atoms with Gasteiger partial charge in [-0.05, 0) is 54.5 Å². The van der Waals surface area contributed by atoms with E-state index < -0.39 is 5.60 Å². The lowest BCUT2D eigenvalue weighted by Gasteiger charge is -2.42. The molecule has 1 aromatic carbocycles. The lowest BCUT2D eigenvalue weighted by molar-refractivity contribution is -0.166. The second-order valence-electron chi connectivity index (χ2n) is 9.34. The van der Waals surface area contributed by atoms with Crippen molar-refractivity contribution in [3.63, 3.8) is 0 Å². The summed E-state index contributed by atoms with van der Waals surface area (Å²) in [4.78, 5) is 32.2. The number of nitrogens with one attached hydrogen (secondary N) is 1. The van der Waals surface area contributed by atoms with Crippen LogP contribution >= 0.6 is 0 Å². The highest BCUT2D eigenvalue weighted by atomic mass is 16.5. The number of nitrogens with zero attached hydrogens (tertiary/aromatic N) is 2. The van der Waals surface area contributed by atoms with Gasteiger partial charge in [-0.2, -0.15) is 0 Å². The fourth-order valence-corrected chi connectivity index (χ4v) is 5.10. The average Bonchev–Trinajstić information content (AvgIpc) is 2.86. The average molecular weight is 450 g/mol. The molecule has 2 heterocycles. The van der Waals surface area contributed by atoms with Crippen LogP contribution in [0.3, 0.4) is 0 Å². The van der Waals surface area contributed by atoms with Crippen LogP contribution < -0.4 is 5.32 Å². The van der Waals surface area contributed by atoms with E-state index in [2.05, 4.69) is 22.4 Å². The van der Waals surface area contributed by atoms with E-state index >= 15 is 0 Å². The third-order valence-corrected chi connectivity index (χ3v) is 6.93. The van der Waals surface area contributed by atoms with Gasteiger partial charge in [-0.1, -0.05) is 43.5 Å². The Morgan fingerprint density at radius 1 is 1.06 bits per heavy atom. The number of aromatic nitrogens is 1. The molecule has 6 nitrogen and oxygen atoms in total. The molecule has 0 spiro atoms. The number of ether oxygens (including phenoxy) is 1. The monoisotopic (exact) mass is 449 g/mol. The first-order valence-corrected chi connectivity index (χ1v) is 12.3. The molecule has 4 rings (SSSR count). The normalized spacial score (nSPS) is 21.5. The maximum absolute atomic E-state index is 13.2. The minimum Gasteiger partial charge on any atom is -0.361 e. The minimum absolute atomic E-state index is 0.140. The number of carbonyl (C=O) groups excluding carboxylic acids is 2. The number of pyridine rings is 1. The molecule has 2 aromatic rings. The van der Waals surface area contributed by atoms with Crippen molar-refractivity contribution in [2.45, 2.75) is 57.5 Å². The molecule has 1 aliphatic carbocycles. The van der Waals surface area contributed by atoms with Crippen molar-refractivity contribution in [3.8, 4) is 11.1 Å². The molecule has 1 saturated carbocycles. The zero-order chi connectivity index (χ0) is 23.1. The van der Waals surface area contributed by atoms with Crippen molar-refractivity contribution in [1.29, 1.82) is 0 Å². The summed E-state index contributed by atoms with van der Waals surface area (Å²) in [6.45, 7) is 3.66. The molecule has 1 atom stereocenters. The lowest BCUT2D eigenvalue weighted by Crippen LogP contribution is -2.62. The van der Waals surface area contributed by atoms with E-state index in [4.69, 9.17) is 4.74 Å². The molecule has 2 amide bonds. The Kier molecular flexibility index (Phi) is 7.76. The van der Waals surface area contributed by atoms with E-state index in [9.17, 15) is 9.59 Å². The molecule has 33 heavy (non-hydrogen) atoms. The molecule has 0 bridgehead atoms. The largest absolute Gasteiger partial charge is 0.361 e. The molecule has 176 valence electrons. The molecule has 6 heteroatoms. The van der Waals surface area contributed by atoms with Crippen LogP contribution in [0, 0.1) is 5.92 Å². The molecular formula is C27H35N3O3.